The summed E-state index contributed by atoms with van der Waals surface area (Å²) in [5, 5.41) is 4.28. The summed E-state index contributed by atoms with van der Waals surface area (Å²) in [4.78, 5) is 4.41. The van der Waals surface area contributed by atoms with Gasteiger partial charge in [-0.25, -0.2) is 0 Å². The fourth-order valence-electron chi connectivity index (χ4n) is 1.83. The molecular weight excluding hydrogens is 288 g/mol. The third-order valence-electron chi connectivity index (χ3n) is 2.77. The van der Waals surface area contributed by atoms with Gasteiger partial charge in [0.25, 0.3) is 0 Å². The Morgan fingerprint density at radius 1 is 1.33 bits per heavy atom. The molecule has 1 N–H and O–H groups in total. The van der Waals surface area contributed by atoms with Gasteiger partial charge in [0.2, 0.25) is 6.79 Å². The minimum absolute atomic E-state index is 0.291. The summed E-state index contributed by atoms with van der Waals surface area (Å²) in [7, 11) is 0. The van der Waals surface area contributed by atoms with Crippen LogP contribution in [0.5, 0.6) is 17.2 Å². The Kier molecular flexibility index (Phi) is 6.53. The van der Waals surface area contributed by atoms with Crippen LogP contribution in [0.3, 0.4) is 0 Å². The van der Waals surface area contributed by atoms with E-state index in [2.05, 4.69) is 17.2 Å². The van der Waals surface area contributed by atoms with Crippen LogP contribution in [0, 0.1) is 0 Å². The number of fused-ring (bicyclic) bond motifs is 1. The molecule has 2 rings (SSSR count). The summed E-state index contributed by atoms with van der Waals surface area (Å²) in [6, 6.07) is 5.66. The van der Waals surface area contributed by atoms with Crippen molar-refractivity contribution in [2.45, 2.75) is 20.3 Å². The van der Waals surface area contributed by atoms with Crippen molar-refractivity contribution in [1.29, 1.82) is 0 Å². The normalized spacial score (nSPS) is 13.3. The summed E-state index contributed by atoms with van der Waals surface area (Å²) in [5.41, 5.74) is 0. The molecule has 116 valence electrons. The molecule has 0 spiro atoms. The first-order valence-electron chi connectivity index (χ1n) is 7.27. The first-order valence-corrected chi connectivity index (χ1v) is 8.25. The van der Waals surface area contributed by atoms with Crippen LogP contribution in [0.1, 0.15) is 20.3 Å². The van der Waals surface area contributed by atoms with E-state index >= 15 is 0 Å². The van der Waals surface area contributed by atoms with Crippen molar-refractivity contribution in [2.75, 3.05) is 32.2 Å². The van der Waals surface area contributed by atoms with E-state index in [4.69, 9.17) is 14.2 Å². The number of amidine groups is 1. The Labute approximate surface area is 130 Å². The molecule has 21 heavy (non-hydrogen) atoms. The molecule has 1 aliphatic heterocycles. The zero-order valence-electron chi connectivity index (χ0n) is 12.6. The summed E-state index contributed by atoms with van der Waals surface area (Å²) in [6.07, 6.45) is 0.966. The molecular formula is C15H22N2O3S. The number of rotatable bonds is 7. The summed E-state index contributed by atoms with van der Waals surface area (Å²) in [6.45, 7) is 6.80. The first kappa shape index (κ1) is 15.8. The van der Waals surface area contributed by atoms with Crippen LogP contribution < -0.4 is 19.5 Å². The molecule has 0 saturated heterocycles. The SMILES string of the molecule is CCN=C(NCC)SCCCOc1ccc2c(c1)OCO2. The van der Waals surface area contributed by atoms with E-state index in [0.29, 0.717) is 13.4 Å². The van der Waals surface area contributed by atoms with Crippen molar-refractivity contribution in [1.82, 2.24) is 5.32 Å². The third kappa shape index (κ3) is 5.04. The van der Waals surface area contributed by atoms with Crippen LogP contribution in [-0.2, 0) is 0 Å². The van der Waals surface area contributed by atoms with Crippen LogP contribution >= 0.6 is 11.8 Å². The quantitative estimate of drug-likeness (QED) is 0.477. The number of hydrogen-bond acceptors (Lipinski definition) is 5. The Bertz CT molecular complexity index is 480. The zero-order valence-corrected chi connectivity index (χ0v) is 13.4. The maximum Gasteiger partial charge on any atom is 0.231 e. The van der Waals surface area contributed by atoms with Crippen molar-refractivity contribution in [3.05, 3.63) is 18.2 Å². The molecule has 1 heterocycles. The van der Waals surface area contributed by atoms with Crippen LogP contribution in [-0.4, -0.2) is 37.4 Å². The molecule has 0 amide bonds. The highest BCUT2D eigenvalue weighted by atomic mass is 32.2. The number of nitrogens with zero attached hydrogens (tertiary/aromatic N) is 1. The van der Waals surface area contributed by atoms with Gasteiger partial charge in [0.1, 0.15) is 5.75 Å². The van der Waals surface area contributed by atoms with E-state index in [1.54, 1.807) is 11.8 Å². The van der Waals surface area contributed by atoms with Gasteiger partial charge in [-0.05, 0) is 32.4 Å². The van der Waals surface area contributed by atoms with Crippen molar-refractivity contribution in [2.24, 2.45) is 4.99 Å². The predicted octanol–water partition coefficient (Wildman–Crippen LogP) is 2.90. The number of thioether (sulfide) groups is 1. The second-order valence-corrected chi connectivity index (χ2v) is 5.46. The molecule has 1 aromatic rings. The Morgan fingerprint density at radius 3 is 3.00 bits per heavy atom. The maximum absolute atomic E-state index is 5.72. The number of hydrogen-bond donors (Lipinski definition) is 1. The third-order valence-corrected chi connectivity index (χ3v) is 3.81. The summed E-state index contributed by atoms with van der Waals surface area (Å²) >= 11 is 1.74. The van der Waals surface area contributed by atoms with Gasteiger partial charge in [-0.1, -0.05) is 11.8 Å². The van der Waals surface area contributed by atoms with Gasteiger partial charge in [0, 0.05) is 24.9 Å². The van der Waals surface area contributed by atoms with Crippen LogP contribution in [0.25, 0.3) is 0 Å². The second kappa shape index (κ2) is 8.67. The molecule has 6 heteroatoms. The van der Waals surface area contributed by atoms with Crippen molar-refractivity contribution < 1.29 is 14.2 Å². The molecule has 1 aliphatic rings. The molecule has 0 aromatic heterocycles. The van der Waals surface area contributed by atoms with E-state index in [-0.39, 0.29) is 0 Å². The first-order chi connectivity index (χ1) is 10.3. The number of ether oxygens (including phenoxy) is 3. The van der Waals surface area contributed by atoms with Crippen LogP contribution in [0.2, 0.25) is 0 Å². The molecule has 0 bridgehead atoms. The van der Waals surface area contributed by atoms with Gasteiger partial charge in [-0.3, -0.25) is 4.99 Å². The number of nitrogens with one attached hydrogen (secondary N) is 1. The van der Waals surface area contributed by atoms with E-state index in [9.17, 15) is 0 Å². The lowest BCUT2D eigenvalue weighted by atomic mass is 10.3. The average molecular weight is 310 g/mol. The molecule has 0 radical (unpaired) electrons. The van der Waals surface area contributed by atoms with Gasteiger partial charge in [-0.2, -0.15) is 0 Å². The predicted molar refractivity (Wildman–Crippen MR) is 86.8 cm³/mol. The molecule has 0 saturated carbocycles. The topological polar surface area (TPSA) is 52.1 Å². The van der Waals surface area contributed by atoms with Gasteiger partial charge >= 0.3 is 0 Å². The smallest absolute Gasteiger partial charge is 0.231 e. The number of aliphatic imine (C=N–C) groups is 1. The van der Waals surface area contributed by atoms with Crippen LogP contribution in [0.4, 0.5) is 0 Å². The molecule has 0 fully saturated rings. The van der Waals surface area contributed by atoms with Gasteiger partial charge in [-0.15, -0.1) is 0 Å². The summed E-state index contributed by atoms with van der Waals surface area (Å²) < 4.78 is 16.3. The van der Waals surface area contributed by atoms with E-state index < -0.39 is 0 Å². The zero-order chi connectivity index (χ0) is 14.9. The van der Waals surface area contributed by atoms with Gasteiger partial charge < -0.3 is 19.5 Å². The molecule has 0 aliphatic carbocycles. The van der Waals surface area contributed by atoms with E-state index in [1.165, 1.54) is 0 Å². The Morgan fingerprint density at radius 2 is 2.19 bits per heavy atom. The average Bonchev–Trinajstić information content (AvgIpc) is 2.95. The van der Waals surface area contributed by atoms with Gasteiger partial charge in [0.05, 0.1) is 6.61 Å². The fraction of sp³-hybridized carbons (Fsp3) is 0.533. The molecule has 0 atom stereocenters. The lowest BCUT2D eigenvalue weighted by Crippen LogP contribution is -2.20. The van der Waals surface area contributed by atoms with Crippen LogP contribution in [0.15, 0.2) is 23.2 Å². The highest BCUT2D eigenvalue weighted by molar-refractivity contribution is 8.13. The van der Waals surface area contributed by atoms with Crippen molar-refractivity contribution >= 4 is 16.9 Å². The minimum Gasteiger partial charge on any atom is -0.493 e. The molecule has 5 nitrogen and oxygen atoms in total. The fourth-order valence-corrected chi connectivity index (χ4v) is 2.75. The standard InChI is InChI=1S/C15H22N2O3S/c1-3-16-15(17-4-2)21-9-5-8-18-12-6-7-13-14(10-12)20-11-19-13/h6-7,10H,3-5,8-9,11H2,1-2H3,(H,16,17). The number of benzene rings is 1. The van der Waals surface area contributed by atoms with Crippen molar-refractivity contribution in [3.63, 3.8) is 0 Å². The monoisotopic (exact) mass is 310 g/mol. The Balaban J connectivity index is 1.66. The molecule has 1 aromatic carbocycles. The van der Waals surface area contributed by atoms with Gasteiger partial charge in [0.15, 0.2) is 16.7 Å². The highest BCUT2D eigenvalue weighted by Crippen LogP contribution is 2.35. The van der Waals surface area contributed by atoms with Crippen molar-refractivity contribution in [3.8, 4) is 17.2 Å². The maximum atomic E-state index is 5.72. The molecule has 0 unspecified atom stereocenters. The second-order valence-electron chi connectivity index (χ2n) is 4.38. The Hall–Kier alpha value is -1.56. The largest absolute Gasteiger partial charge is 0.493 e. The van der Waals surface area contributed by atoms with E-state index in [1.807, 2.05) is 25.1 Å². The minimum atomic E-state index is 0.291. The summed E-state index contributed by atoms with van der Waals surface area (Å²) in [5.74, 6) is 3.34. The van der Waals surface area contributed by atoms with E-state index in [0.717, 1.165) is 47.7 Å². The lowest BCUT2D eigenvalue weighted by Gasteiger charge is -2.08. The lowest BCUT2D eigenvalue weighted by molar-refractivity contribution is 0.173. The highest BCUT2D eigenvalue weighted by Gasteiger charge is 2.13.